The third-order valence-corrected chi connectivity index (χ3v) is 2.42. The average Bonchev–Trinajstić information content (AvgIpc) is 2.08. The highest BCUT2D eigenvalue weighted by Crippen LogP contribution is 2.23. The van der Waals surface area contributed by atoms with Gasteiger partial charge in [-0.15, -0.1) is 19.0 Å². The van der Waals surface area contributed by atoms with Gasteiger partial charge in [-0.2, -0.15) is 0 Å². The van der Waals surface area contributed by atoms with Crippen LogP contribution in [-0.4, -0.2) is 0 Å². The SMILES string of the molecule is C=C(C)C[C@@H](N)c1cc(Br)ccc1F.Cl. The maximum atomic E-state index is 13.3. The minimum atomic E-state index is -0.315. The summed E-state index contributed by atoms with van der Waals surface area (Å²) in [5.41, 5.74) is 7.33. The molecule has 0 aliphatic rings. The molecule has 0 amide bonds. The molecular formula is C11H14BrClFN. The Balaban J connectivity index is 0.00000196. The Morgan fingerprint density at radius 2 is 2.20 bits per heavy atom. The zero-order valence-corrected chi connectivity index (χ0v) is 10.9. The number of hydrogen-bond donors (Lipinski definition) is 1. The van der Waals surface area contributed by atoms with Crippen molar-refractivity contribution in [2.75, 3.05) is 0 Å². The lowest BCUT2D eigenvalue weighted by Crippen LogP contribution is -2.12. The second-order valence-corrected chi connectivity index (χ2v) is 4.35. The first-order chi connectivity index (χ1) is 6.50. The first-order valence-corrected chi connectivity index (χ1v) is 5.15. The van der Waals surface area contributed by atoms with Crippen LogP contribution < -0.4 is 5.73 Å². The normalized spacial score (nSPS) is 11.7. The first-order valence-electron chi connectivity index (χ1n) is 4.35. The van der Waals surface area contributed by atoms with Crippen molar-refractivity contribution in [1.82, 2.24) is 0 Å². The smallest absolute Gasteiger partial charge is 0.128 e. The lowest BCUT2D eigenvalue weighted by Gasteiger charge is -2.13. The average molecular weight is 295 g/mol. The fourth-order valence-corrected chi connectivity index (χ4v) is 1.66. The van der Waals surface area contributed by atoms with Gasteiger partial charge in [0.2, 0.25) is 0 Å². The van der Waals surface area contributed by atoms with Gasteiger partial charge in [-0.1, -0.05) is 21.5 Å². The van der Waals surface area contributed by atoms with Gasteiger partial charge in [0.15, 0.2) is 0 Å². The first kappa shape index (κ1) is 14.6. The van der Waals surface area contributed by atoms with Crippen LogP contribution >= 0.6 is 28.3 Å². The van der Waals surface area contributed by atoms with Crippen LogP contribution in [0, 0.1) is 5.82 Å². The molecule has 0 saturated heterocycles. The van der Waals surface area contributed by atoms with Gasteiger partial charge in [0, 0.05) is 16.1 Å². The van der Waals surface area contributed by atoms with Gasteiger partial charge >= 0.3 is 0 Å². The van der Waals surface area contributed by atoms with Crippen molar-refractivity contribution in [2.24, 2.45) is 5.73 Å². The Kier molecular flexibility index (Phi) is 6.10. The lowest BCUT2D eigenvalue weighted by molar-refractivity contribution is 0.579. The van der Waals surface area contributed by atoms with Gasteiger partial charge in [-0.25, -0.2) is 4.39 Å². The fourth-order valence-electron chi connectivity index (χ4n) is 1.28. The maximum absolute atomic E-state index is 13.3. The molecule has 84 valence electrons. The van der Waals surface area contributed by atoms with Crippen molar-refractivity contribution in [3.05, 3.63) is 46.2 Å². The standard InChI is InChI=1S/C11H13BrFN.ClH/c1-7(2)5-11(14)9-6-8(12)3-4-10(9)13;/h3-4,6,11H,1,5,14H2,2H3;1H/t11-;/m1./s1. The second-order valence-electron chi connectivity index (χ2n) is 3.43. The van der Waals surface area contributed by atoms with E-state index in [1.54, 1.807) is 12.1 Å². The minimum Gasteiger partial charge on any atom is -0.324 e. The van der Waals surface area contributed by atoms with Crippen LogP contribution in [0.2, 0.25) is 0 Å². The summed E-state index contributed by atoms with van der Waals surface area (Å²) >= 11 is 3.29. The molecular weight excluding hydrogens is 280 g/mol. The lowest BCUT2D eigenvalue weighted by atomic mass is 10.0. The quantitative estimate of drug-likeness (QED) is 0.839. The highest BCUT2D eigenvalue weighted by atomic mass is 79.9. The van der Waals surface area contributed by atoms with Crippen LogP contribution in [0.3, 0.4) is 0 Å². The molecule has 1 aromatic rings. The van der Waals surface area contributed by atoms with Crippen molar-refractivity contribution in [1.29, 1.82) is 0 Å². The number of rotatable bonds is 3. The van der Waals surface area contributed by atoms with E-state index in [1.165, 1.54) is 6.07 Å². The van der Waals surface area contributed by atoms with E-state index in [2.05, 4.69) is 22.5 Å². The molecule has 0 unspecified atom stereocenters. The van der Waals surface area contributed by atoms with E-state index in [0.29, 0.717) is 12.0 Å². The molecule has 0 bridgehead atoms. The van der Waals surface area contributed by atoms with Gasteiger partial charge in [0.1, 0.15) is 5.82 Å². The molecule has 15 heavy (non-hydrogen) atoms. The van der Waals surface area contributed by atoms with E-state index in [4.69, 9.17) is 5.73 Å². The van der Waals surface area contributed by atoms with Gasteiger partial charge in [0.25, 0.3) is 0 Å². The van der Waals surface area contributed by atoms with E-state index < -0.39 is 0 Å². The van der Waals surface area contributed by atoms with E-state index >= 15 is 0 Å². The summed E-state index contributed by atoms with van der Waals surface area (Å²) < 4.78 is 14.2. The molecule has 1 rings (SSSR count). The maximum Gasteiger partial charge on any atom is 0.128 e. The Hall–Kier alpha value is -0.380. The fraction of sp³-hybridized carbons (Fsp3) is 0.273. The zero-order chi connectivity index (χ0) is 10.7. The molecule has 0 radical (unpaired) electrons. The molecule has 4 heteroatoms. The zero-order valence-electron chi connectivity index (χ0n) is 8.47. The van der Waals surface area contributed by atoms with Crippen molar-refractivity contribution < 1.29 is 4.39 Å². The van der Waals surface area contributed by atoms with E-state index in [-0.39, 0.29) is 24.3 Å². The van der Waals surface area contributed by atoms with Gasteiger partial charge in [-0.05, 0) is 31.5 Å². The summed E-state index contributed by atoms with van der Waals surface area (Å²) in [6.45, 7) is 5.64. The van der Waals surface area contributed by atoms with Crippen LogP contribution in [-0.2, 0) is 0 Å². The summed E-state index contributed by atoms with van der Waals surface area (Å²) in [6, 6.07) is 4.47. The Labute approximate surface area is 104 Å². The molecule has 0 aromatic heterocycles. The predicted octanol–water partition coefficient (Wildman–Crippen LogP) is 3.98. The Morgan fingerprint density at radius 3 is 2.73 bits per heavy atom. The van der Waals surface area contributed by atoms with Crippen molar-refractivity contribution in [3.63, 3.8) is 0 Å². The number of halogens is 3. The molecule has 2 N–H and O–H groups in total. The molecule has 0 spiro atoms. The predicted molar refractivity (Wildman–Crippen MR) is 67.7 cm³/mol. The molecule has 1 aromatic carbocycles. The summed E-state index contributed by atoms with van der Waals surface area (Å²) in [6.07, 6.45) is 0.605. The molecule has 0 aliphatic heterocycles. The van der Waals surface area contributed by atoms with Crippen LogP contribution in [0.4, 0.5) is 4.39 Å². The third kappa shape index (κ3) is 4.33. The molecule has 0 aliphatic carbocycles. The molecule has 0 saturated carbocycles. The summed E-state index contributed by atoms with van der Waals surface area (Å²) in [4.78, 5) is 0. The van der Waals surface area contributed by atoms with Crippen LogP contribution in [0.15, 0.2) is 34.8 Å². The molecule has 0 fully saturated rings. The topological polar surface area (TPSA) is 26.0 Å². The monoisotopic (exact) mass is 293 g/mol. The largest absolute Gasteiger partial charge is 0.324 e. The van der Waals surface area contributed by atoms with E-state index in [1.807, 2.05) is 6.92 Å². The molecule has 1 atom stereocenters. The Bertz CT molecular complexity index is 354. The number of benzene rings is 1. The van der Waals surface area contributed by atoms with E-state index in [9.17, 15) is 4.39 Å². The van der Waals surface area contributed by atoms with Crippen LogP contribution in [0.5, 0.6) is 0 Å². The summed E-state index contributed by atoms with van der Waals surface area (Å²) in [5.74, 6) is -0.262. The van der Waals surface area contributed by atoms with Gasteiger partial charge in [-0.3, -0.25) is 0 Å². The third-order valence-electron chi connectivity index (χ3n) is 1.93. The van der Waals surface area contributed by atoms with Crippen molar-refractivity contribution in [3.8, 4) is 0 Å². The van der Waals surface area contributed by atoms with Gasteiger partial charge in [0.05, 0.1) is 0 Å². The summed E-state index contributed by atoms with van der Waals surface area (Å²) in [7, 11) is 0. The molecule has 0 heterocycles. The highest BCUT2D eigenvalue weighted by molar-refractivity contribution is 9.10. The van der Waals surface area contributed by atoms with Crippen molar-refractivity contribution >= 4 is 28.3 Å². The number of nitrogens with two attached hydrogens (primary N) is 1. The minimum absolute atomic E-state index is 0. The van der Waals surface area contributed by atoms with E-state index in [0.717, 1.165) is 10.0 Å². The highest BCUT2D eigenvalue weighted by Gasteiger charge is 2.11. The summed E-state index contributed by atoms with van der Waals surface area (Å²) in [5, 5.41) is 0. The second kappa shape index (κ2) is 6.26. The van der Waals surface area contributed by atoms with Crippen LogP contribution in [0.25, 0.3) is 0 Å². The molecule has 1 nitrogen and oxygen atoms in total. The van der Waals surface area contributed by atoms with Gasteiger partial charge < -0.3 is 5.73 Å². The Morgan fingerprint density at radius 1 is 1.60 bits per heavy atom. The van der Waals surface area contributed by atoms with Crippen LogP contribution in [0.1, 0.15) is 24.9 Å². The number of hydrogen-bond acceptors (Lipinski definition) is 1. The van der Waals surface area contributed by atoms with Crippen molar-refractivity contribution in [2.45, 2.75) is 19.4 Å².